The highest BCUT2D eigenvalue weighted by molar-refractivity contribution is 6.33. The lowest BCUT2D eigenvalue weighted by atomic mass is 9.49. The molecule has 54 heavy (non-hydrogen) atoms. The predicted octanol–water partition coefficient (Wildman–Crippen LogP) is 7.47. The smallest absolute Gasteiger partial charge is 0.433 e. The van der Waals surface area contributed by atoms with Crippen LogP contribution < -0.4 is 9.91 Å². The van der Waals surface area contributed by atoms with Gasteiger partial charge in [0.15, 0.2) is 17.4 Å². The van der Waals surface area contributed by atoms with E-state index in [-0.39, 0.29) is 34.1 Å². The van der Waals surface area contributed by atoms with E-state index in [1.54, 1.807) is 54.6 Å². The summed E-state index contributed by atoms with van der Waals surface area (Å²) in [5.41, 5.74) is -2.02. The van der Waals surface area contributed by atoms with Gasteiger partial charge in [-0.15, -0.1) is 0 Å². The van der Waals surface area contributed by atoms with Crippen LogP contribution in [-0.4, -0.2) is 45.8 Å². The summed E-state index contributed by atoms with van der Waals surface area (Å²) in [6.07, 6.45) is -3.31. The summed E-state index contributed by atoms with van der Waals surface area (Å²) in [5, 5.41) is 13.0. The minimum Gasteiger partial charge on any atom is -0.505 e. The molecule has 3 fully saturated rings. The first-order valence-electron chi connectivity index (χ1n) is 16.9. The number of alkyl halides is 3. The van der Waals surface area contributed by atoms with Crippen LogP contribution in [0.2, 0.25) is 10.0 Å². The van der Waals surface area contributed by atoms with E-state index in [9.17, 15) is 32.7 Å². The zero-order chi connectivity index (χ0) is 38.4. The highest BCUT2D eigenvalue weighted by atomic mass is 35.5. The standard InChI is InChI=1S/C39H28Cl2F4N4O5/c1-47(33-27(41)15-16-29(46-33)39(43,44)45)49-34(51)23-14-13-22-25(30(23)36(49)53)18-26-35(52)48(21-10-5-9-20(40)17-21)37(54)38(26,19-7-3-2-4-8-19)31(22)24-11-6-12-28(42)32(24)50/h2-13,15-17,23,25-26,30-31,50H,14,18H2,1H3. The Labute approximate surface area is 315 Å². The molecule has 8 rings (SSSR count). The van der Waals surface area contributed by atoms with E-state index in [4.69, 9.17) is 23.2 Å². The average Bonchev–Trinajstić information content (AvgIpc) is 3.53. The van der Waals surface area contributed by atoms with E-state index in [0.29, 0.717) is 22.2 Å². The van der Waals surface area contributed by atoms with Crippen LogP contribution in [0.4, 0.5) is 29.1 Å². The Kier molecular flexibility index (Phi) is 8.38. The van der Waals surface area contributed by atoms with Gasteiger partial charge in [0.05, 0.1) is 33.9 Å². The number of hydrogen-bond acceptors (Lipinski definition) is 7. The number of imide groups is 2. The van der Waals surface area contributed by atoms with Crippen LogP contribution in [0, 0.1) is 29.5 Å². The number of para-hydroxylation sites is 1. The number of rotatable bonds is 5. The second kappa shape index (κ2) is 12.7. The van der Waals surface area contributed by atoms with E-state index < -0.39 is 87.9 Å². The molecular weight excluding hydrogens is 751 g/mol. The molecule has 4 aliphatic rings. The summed E-state index contributed by atoms with van der Waals surface area (Å²) < 4.78 is 56.2. The Hall–Kier alpha value is -5.27. The third-order valence-electron chi connectivity index (χ3n) is 11.2. The third-order valence-corrected chi connectivity index (χ3v) is 11.7. The number of nitrogens with zero attached hydrogens (tertiary/aromatic N) is 4. The SMILES string of the molecule is CN(c1nc(C(F)(F)F)ccc1Cl)N1C(=O)C2CC=C3C(CC4C(=O)N(c5cccc(Cl)c5)C(=O)C4(c4ccccc4)C3c3cccc(F)c3O)C2C1=O. The first-order valence-corrected chi connectivity index (χ1v) is 17.7. The van der Waals surface area contributed by atoms with E-state index >= 15 is 9.18 Å². The average molecular weight is 780 g/mol. The topological polar surface area (TPSA) is 111 Å². The Morgan fingerprint density at radius 3 is 2.31 bits per heavy atom. The molecule has 15 heteroatoms. The van der Waals surface area contributed by atoms with Crippen LogP contribution in [0.25, 0.3) is 0 Å². The summed E-state index contributed by atoms with van der Waals surface area (Å²) in [7, 11) is 1.20. The Bertz CT molecular complexity index is 2310. The summed E-state index contributed by atoms with van der Waals surface area (Å²) in [4.78, 5) is 63.3. The molecule has 6 unspecified atom stereocenters. The van der Waals surface area contributed by atoms with Crippen molar-refractivity contribution in [3.8, 4) is 5.75 Å². The van der Waals surface area contributed by atoms with E-state index in [1.807, 2.05) is 0 Å². The van der Waals surface area contributed by atoms with Crippen molar-refractivity contribution in [2.45, 2.75) is 30.4 Å². The van der Waals surface area contributed by atoms with Crippen molar-refractivity contribution >= 4 is 58.3 Å². The molecule has 6 atom stereocenters. The fourth-order valence-corrected chi connectivity index (χ4v) is 9.46. The Morgan fingerprint density at radius 1 is 0.889 bits per heavy atom. The molecule has 1 saturated carbocycles. The van der Waals surface area contributed by atoms with Gasteiger partial charge in [-0.05, 0) is 60.7 Å². The van der Waals surface area contributed by atoms with Crippen LogP contribution in [-0.2, 0) is 30.8 Å². The van der Waals surface area contributed by atoms with Gasteiger partial charge in [0.25, 0.3) is 11.8 Å². The van der Waals surface area contributed by atoms with Crippen molar-refractivity contribution in [3.05, 3.63) is 129 Å². The lowest BCUT2D eigenvalue weighted by Gasteiger charge is -2.50. The second-order valence-corrected chi connectivity index (χ2v) is 14.6. The monoisotopic (exact) mass is 778 g/mol. The number of amides is 4. The minimum absolute atomic E-state index is 0.00181. The van der Waals surface area contributed by atoms with Gasteiger partial charge < -0.3 is 5.11 Å². The molecule has 9 nitrogen and oxygen atoms in total. The largest absolute Gasteiger partial charge is 0.505 e. The number of aromatic hydroxyl groups is 1. The Morgan fingerprint density at radius 2 is 1.61 bits per heavy atom. The van der Waals surface area contributed by atoms with E-state index in [1.165, 1.54) is 25.2 Å². The van der Waals surface area contributed by atoms with Crippen LogP contribution >= 0.6 is 23.2 Å². The highest BCUT2D eigenvalue weighted by Gasteiger charge is 2.70. The summed E-state index contributed by atoms with van der Waals surface area (Å²) in [6.45, 7) is 0. The van der Waals surface area contributed by atoms with Crippen LogP contribution in [0.5, 0.6) is 5.75 Å². The fourth-order valence-electron chi connectivity index (χ4n) is 9.04. The van der Waals surface area contributed by atoms with Gasteiger partial charge in [0.1, 0.15) is 5.69 Å². The molecule has 4 aromatic rings. The van der Waals surface area contributed by atoms with Crippen LogP contribution in [0.15, 0.2) is 96.6 Å². The van der Waals surface area contributed by atoms with Crippen molar-refractivity contribution in [1.29, 1.82) is 0 Å². The summed E-state index contributed by atoms with van der Waals surface area (Å²) >= 11 is 12.6. The number of anilines is 2. The quantitative estimate of drug-likeness (QED) is 0.127. The number of halogens is 6. The highest BCUT2D eigenvalue weighted by Crippen LogP contribution is 2.65. The number of aromatic nitrogens is 1. The fraction of sp³-hybridized carbons (Fsp3) is 0.256. The van der Waals surface area contributed by atoms with Gasteiger partial charge in [0, 0.05) is 23.6 Å². The minimum atomic E-state index is -4.85. The molecule has 2 aliphatic carbocycles. The number of phenols is 1. The number of carbonyl (C=O) groups excluding carboxylic acids is 4. The first-order chi connectivity index (χ1) is 25.7. The van der Waals surface area contributed by atoms with Crippen LogP contribution in [0.1, 0.15) is 35.6 Å². The number of carbonyl (C=O) groups is 4. The van der Waals surface area contributed by atoms with Gasteiger partial charge in [-0.1, -0.05) is 83.4 Å². The Balaban J connectivity index is 1.31. The molecule has 1 N–H and O–H groups in total. The number of phenolic OH excluding ortho intramolecular Hbond substituents is 1. The number of fused-ring (bicyclic) bond motifs is 4. The van der Waals surface area contributed by atoms with Crippen molar-refractivity contribution in [3.63, 3.8) is 0 Å². The molecule has 4 amide bonds. The third kappa shape index (κ3) is 5.08. The van der Waals surface area contributed by atoms with Gasteiger partial charge in [-0.3, -0.25) is 24.2 Å². The molecule has 1 aromatic heterocycles. The first kappa shape index (κ1) is 35.7. The maximum atomic E-state index is 15.3. The molecular formula is C39H28Cl2F4N4O5. The molecule has 276 valence electrons. The van der Waals surface area contributed by atoms with Gasteiger partial charge in [0.2, 0.25) is 11.8 Å². The van der Waals surface area contributed by atoms with Gasteiger partial charge >= 0.3 is 6.18 Å². The van der Waals surface area contributed by atoms with Crippen LogP contribution in [0.3, 0.4) is 0 Å². The van der Waals surface area contributed by atoms with Crippen molar-refractivity contribution in [1.82, 2.24) is 9.99 Å². The molecule has 0 bridgehead atoms. The number of allylic oxidation sites excluding steroid dienone is 2. The number of hydrogen-bond donors (Lipinski definition) is 1. The lowest BCUT2D eigenvalue weighted by molar-refractivity contribution is -0.141. The maximum absolute atomic E-state index is 15.3. The lowest BCUT2D eigenvalue weighted by Crippen LogP contribution is -2.53. The molecule has 2 aliphatic heterocycles. The predicted molar refractivity (Wildman–Crippen MR) is 189 cm³/mol. The molecule has 2 saturated heterocycles. The second-order valence-electron chi connectivity index (χ2n) is 13.8. The summed E-state index contributed by atoms with van der Waals surface area (Å²) in [5.74, 6) is -10.5. The number of benzene rings is 3. The van der Waals surface area contributed by atoms with E-state index in [0.717, 1.165) is 22.0 Å². The van der Waals surface area contributed by atoms with Crippen molar-refractivity contribution in [2.75, 3.05) is 17.0 Å². The number of pyridine rings is 1. The number of hydrazine groups is 1. The molecule has 3 aromatic carbocycles. The maximum Gasteiger partial charge on any atom is 0.433 e. The van der Waals surface area contributed by atoms with Gasteiger partial charge in [-0.25, -0.2) is 14.3 Å². The van der Waals surface area contributed by atoms with Gasteiger partial charge in [-0.2, -0.15) is 18.2 Å². The molecule has 0 radical (unpaired) electrons. The zero-order valence-electron chi connectivity index (χ0n) is 28.1. The van der Waals surface area contributed by atoms with E-state index in [2.05, 4.69) is 4.98 Å². The summed E-state index contributed by atoms with van der Waals surface area (Å²) in [6, 6.07) is 20.2. The zero-order valence-corrected chi connectivity index (χ0v) is 29.6. The normalized spacial score (nSPS) is 26.4. The van der Waals surface area contributed by atoms with Crippen molar-refractivity contribution in [2.24, 2.45) is 23.7 Å². The molecule has 0 spiro atoms. The molecule has 3 heterocycles. The van der Waals surface area contributed by atoms with Crippen molar-refractivity contribution < 1.29 is 41.8 Å².